The van der Waals surface area contributed by atoms with Gasteiger partial charge in [0.25, 0.3) is 5.91 Å². The van der Waals surface area contributed by atoms with E-state index >= 15 is 0 Å². The van der Waals surface area contributed by atoms with Gasteiger partial charge in [-0.2, -0.15) is 5.10 Å². The summed E-state index contributed by atoms with van der Waals surface area (Å²) >= 11 is 0. The predicted molar refractivity (Wildman–Crippen MR) is 111 cm³/mol. The van der Waals surface area contributed by atoms with E-state index in [1.807, 2.05) is 42.2 Å². The minimum atomic E-state index is -3.29. The second-order valence-electron chi connectivity index (χ2n) is 8.56. The van der Waals surface area contributed by atoms with Crippen molar-refractivity contribution in [2.45, 2.75) is 52.0 Å². The van der Waals surface area contributed by atoms with Crippen LogP contribution in [0.5, 0.6) is 0 Å². The van der Waals surface area contributed by atoms with Crippen LogP contribution < -0.4 is 0 Å². The lowest BCUT2D eigenvalue weighted by Crippen LogP contribution is -2.64. The van der Waals surface area contributed by atoms with Crippen LogP contribution in [0, 0.1) is 12.8 Å². The van der Waals surface area contributed by atoms with Crippen molar-refractivity contribution in [1.29, 1.82) is 0 Å². The number of carbonyl (C=O) groups excluding carboxylic acids is 1. The highest BCUT2D eigenvalue weighted by atomic mass is 32.3. The summed E-state index contributed by atoms with van der Waals surface area (Å²) in [6.07, 6.45) is 0. The van der Waals surface area contributed by atoms with Gasteiger partial charge in [-0.3, -0.25) is 4.79 Å². The summed E-state index contributed by atoms with van der Waals surface area (Å²) in [5, 5.41) is 4.21. The summed E-state index contributed by atoms with van der Waals surface area (Å²) in [4.78, 5) is 15.4. The molecular weight excluding hydrogens is 388 g/mol. The molecule has 1 amide bonds. The predicted octanol–water partition coefficient (Wildman–Crippen LogP) is 2.97. The van der Waals surface area contributed by atoms with Gasteiger partial charge < -0.3 is 9.45 Å². The fraction of sp³-hybridized carbons (Fsp3) is 0.524. The van der Waals surface area contributed by atoms with Crippen LogP contribution in [0.25, 0.3) is 5.69 Å². The molecule has 156 valence electrons. The van der Waals surface area contributed by atoms with Gasteiger partial charge in [0.1, 0.15) is 21.3 Å². The standard InChI is InChI=1S/C21H28N4O3S/c1-13(2)19-18-15(5)22-25(16-9-7-6-8-10-16)20(18)21(26)24(19)17-11-23(12-17)29(27,28)14(3)4/h6-10,13-14,17,19H,11-12H2,1-5H3. The highest BCUT2D eigenvalue weighted by Crippen LogP contribution is 2.44. The molecule has 0 spiro atoms. The maximum Gasteiger partial charge on any atom is 0.273 e. The number of sulfonamides is 1. The molecule has 0 bridgehead atoms. The molecule has 3 heterocycles. The zero-order chi connectivity index (χ0) is 21.1. The lowest BCUT2D eigenvalue weighted by Gasteiger charge is -2.47. The molecule has 0 N–H and O–H groups in total. The van der Waals surface area contributed by atoms with Crippen molar-refractivity contribution in [2.24, 2.45) is 5.92 Å². The van der Waals surface area contributed by atoms with E-state index in [0.717, 1.165) is 16.9 Å². The largest absolute Gasteiger partial charge is 0.597 e. The second-order valence-corrected chi connectivity index (χ2v) is 11.0. The number of para-hydroxylation sites is 1. The maximum absolute atomic E-state index is 13.5. The van der Waals surface area contributed by atoms with E-state index in [0.29, 0.717) is 18.8 Å². The molecule has 1 fully saturated rings. The number of fused-ring (bicyclic) bond motifs is 1. The summed E-state index contributed by atoms with van der Waals surface area (Å²) in [6.45, 7) is 10.2. The van der Waals surface area contributed by atoms with Gasteiger partial charge in [0.2, 0.25) is 0 Å². The van der Waals surface area contributed by atoms with Crippen molar-refractivity contribution in [3.05, 3.63) is 47.3 Å². The fourth-order valence-electron chi connectivity index (χ4n) is 4.39. The lowest BCUT2D eigenvalue weighted by molar-refractivity contribution is 0.0292. The maximum atomic E-state index is 13.5. The Morgan fingerprint density at radius 3 is 2.31 bits per heavy atom. The molecule has 0 aliphatic carbocycles. The SMILES string of the molecule is Cc1nn(-c2ccccc2)c2c1C(C(C)C)N(C1CN([S+](=O)([O-])C(C)C)C1)C2=O. The van der Waals surface area contributed by atoms with Crippen LogP contribution in [0.4, 0.5) is 0 Å². The normalized spacial score (nSPS) is 22.3. The molecule has 2 unspecified atom stereocenters. The number of hydrogen-bond donors (Lipinski definition) is 0. The summed E-state index contributed by atoms with van der Waals surface area (Å²) in [6, 6.07) is 9.46. The molecule has 1 saturated heterocycles. The van der Waals surface area contributed by atoms with Crippen molar-refractivity contribution in [3.63, 3.8) is 0 Å². The third kappa shape index (κ3) is 3.05. The first kappa shape index (κ1) is 20.3. The summed E-state index contributed by atoms with van der Waals surface area (Å²) in [7, 11) is -3.29. The molecule has 8 heteroatoms. The van der Waals surface area contributed by atoms with Crippen molar-refractivity contribution in [1.82, 2.24) is 19.0 Å². The van der Waals surface area contributed by atoms with Crippen LogP contribution in [0.2, 0.25) is 0 Å². The van der Waals surface area contributed by atoms with Crippen LogP contribution >= 0.6 is 0 Å². The number of amides is 1. The number of aromatic nitrogens is 2. The average molecular weight is 417 g/mol. The molecule has 4 rings (SSSR count). The molecule has 0 radical (unpaired) electrons. The highest BCUT2D eigenvalue weighted by Gasteiger charge is 2.52. The molecule has 2 aliphatic rings. The van der Waals surface area contributed by atoms with Crippen LogP contribution in [0.3, 0.4) is 0 Å². The van der Waals surface area contributed by atoms with Gasteiger partial charge in [-0.1, -0.05) is 36.3 Å². The minimum Gasteiger partial charge on any atom is -0.597 e. The molecule has 7 nitrogen and oxygen atoms in total. The molecule has 0 saturated carbocycles. The Kier molecular flexibility index (Phi) is 4.91. The Morgan fingerprint density at radius 2 is 1.76 bits per heavy atom. The lowest BCUT2D eigenvalue weighted by atomic mass is 9.95. The third-order valence-electron chi connectivity index (χ3n) is 5.95. The number of nitrogens with zero attached hydrogens (tertiary/aromatic N) is 4. The van der Waals surface area contributed by atoms with Gasteiger partial charge in [0.05, 0.1) is 36.6 Å². The van der Waals surface area contributed by atoms with Crippen molar-refractivity contribution < 1.29 is 13.6 Å². The van der Waals surface area contributed by atoms with Gasteiger partial charge in [0, 0.05) is 5.56 Å². The Morgan fingerprint density at radius 1 is 1.14 bits per heavy atom. The van der Waals surface area contributed by atoms with E-state index in [1.54, 1.807) is 18.5 Å². The molecule has 2 atom stereocenters. The minimum absolute atomic E-state index is 0.0604. The van der Waals surface area contributed by atoms with E-state index in [2.05, 4.69) is 18.9 Å². The highest BCUT2D eigenvalue weighted by molar-refractivity contribution is 7.96. The van der Waals surface area contributed by atoms with E-state index in [1.165, 1.54) is 4.31 Å². The first-order chi connectivity index (χ1) is 13.6. The molecular formula is C21H28N4O3S. The van der Waals surface area contributed by atoms with Crippen molar-refractivity contribution >= 4 is 16.3 Å². The van der Waals surface area contributed by atoms with E-state index in [4.69, 9.17) is 0 Å². The Balaban J connectivity index is 1.69. The quantitative estimate of drug-likeness (QED) is 0.702. The zero-order valence-electron chi connectivity index (χ0n) is 17.5. The fourth-order valence-corrected chi connectivity index (χ4v) is 5.74. The molecule has 1 aromatic carbocycles. The third-order valence-corrected chi connectivity index (χ3v) is 8.16. The molecule has 1 aromatic heterocycles. The van der Waals surface area contributed by atoms with Crippen molar-refractivity contribution in [3.8, 4) is 5.69 Å². The topological polar surface area (TPSA) is 81.5 Å². The average Bonchev–Trinajstić information content (AvgIpc) is 3.11. The van der Waals surface area contributed by atoms with Gasteiger partial charge in [0.15, 0.2) is 0 Å². The van der Waals surface area contributed by atoms with Crippen molar-refractivity contribution in [2.75, 3.05) is 13.1 Å². The molecule has 2 aliphatic heterocycles. The molecule has 29 heavy (non-hydrogen) atoms. The number of hydrogen-bond acceptors (Lipinski definition) is 4. The van der Waals surface area contributed by atoms with Gasteiger partial charge in [-0.05, 0) is 38.8 Å². The summed E-state index contributed by atoms with van der Waals surface area (Å²) in [5.41, 5.74) is 3.29. The van der Waals surface area contributed by atoms with Crippen LogP contribution in [0.1, 0.15) is 55.5 Å². The van der Waals surface area contributed by atoms with Gasteiger partial charge in [-0.25, -0.2) is 4.68 Å². The van der Waals surface area contributed by atoms with E-state index < -0.39 is 15.6 Å². The second kappa shape index (κ2) is 7.04. The number of carbonyl (C=O) groups is 1. The van der Waals surface area contributed by atoms with Gasteiger partial charge in [-0.15, -0.1) is 4.31 Å². The van der Waals surface area contributed by atoms with Gasteiger partial charge >= 0.3 is 0 Å². The number of aryl methyl sites for hydroxylation is 1. The summed E-state index contributed by atoms with van der Waals surface area (Å²) in [5.74, 6) is 0.137. The first-order valence-electron chi connectivity index (χ1n) is 10.1. The van der Waals surface area contributed by atoms with E-state index in [9.17, 15) is 13.6 Å². The summed E-state index contributed by atoms with van der Waals surface area (Å²) < 4.78 is 28.1. The number of benzene rings is 1. The van der Waals surface area contributed by atoms with Crippen LogP contribution in [-0.4, -0.2) is 53.8 Å². The number of rotatable bonds is 5. The first-order valence-corrected chi connectivity index (χ1v) is 11.6. The zero-order valence-corrected chi connectivity index (χ0v) is 18.3. The Labute approximate surface area is 173 Å². The smallest absolute Gasteiger partial charge is 0.273 e. The van der Waals surface area contributed by atoms with E-state index in [-0.39, 0.29) is 23.9 Å². The Bertz CT molecular complexity index is 979. The van der Waals surface area contributed by atoms with Crippen LogP contribution in [-0.2, 0) is 14.6 Å². The monoisotopic (exact) mass is 416 g/mol. The Hall–Kier alpha value is -2.03. The van der Waals surface area contributed by atoms with Crippen LogP contribution in [0.15, 0.2) is 30.3 Å². The molecule has 2 aromatic rings.